The Morgan fingerprint density at radius 3 is 2.60 bits per heavy atom. The first-order valence-electron chi connectivity index (χ1n) is 7.36. The highest BCUT2D eigenvalue weighted by Gasteiger charge is 2.30. The SMILES string of the molecule is CC(C)(C)CC(C)(C)NC1CCOc2ccc(Br)cc21. The van der Waals surface area contributed by atoms with Gasteiger partial charge in [0.05, 0.1) is 6.61 Å². The van der Waals surface area contributed by atoms with Gasteiger partial charge in [-0.2, -0.15) is 0 Å². The van der Waals surface area contributed by atoms with Gasteiger partial charge in [0.15, 0.2) is 0 Å². The summed E-state index contributed by atoms with van der Waals surface area (Å²) in [5.74, 6) is 1.02. The van der Waals surface area contributed by atoms with E-state index >= 15 is 0 Å². The van der Waals surface area contributed by atoms with Gasteiger partial charge in [0.2, 0.25) is 0 Å². The molecule has 0 fully saturated rings. The maximum atomic E-state index is 5.76. The van der Waals surface area contributed by atoms with Crippen LogP contribution in [0.25, 0.3) is 0 Å². The molecule has 0 bridgehead atoms. The number of rotatable bonds is 3. The highest BCUT2D eigenvalue weighted by atomic mass is 79.9. The molecule has 0 amide bonds. The molecule has 3 heteroatoms. The van der Waals surface area contributed by atoms with Crippen molar-refractivity contribution in [3.05, 3.63) is 28.2 Å². The van der Waals surface area contributed by atoms with Crippen molar-refractivity contribution in [2.45, 2.75) is 59.0 Å². The number of hydrogen-bond acceptors (Lipinski definition) is 2. The zero-order chi connectivity index (χ0) is 15.0. The number of fused-ring (bicyclic) bond motifs is 1. The summed E-state index contributed by atoms with van der Waals surface area (Å²) in [6, 6.07) is 6.65. The Morgan fingerprint density at radius 1 is 1.25 bits per heavy atom. The summed E-state index contributed by atoms with van der Waals surface area (Å²) in [5.41, 5.74) is 1.70. The first kappa shape index (κ1) is 15.8. The molecule has 1 aliphatic rings. The third-order valence-electron chi connectivity index (χ3n) is 3.55. The predicted octanol–water partition coefficient (Wildman–Crippen LogP) is 5.08. The molecular formula is C17H26BrNO. The van der Waals surface area contributed by atoms with Crippen LogP contribution in [0.15, 0.2) is 22.7 Å². The van der Waals surface area contributed by atoms with Crippen LogP contribution in [0.5, 0.6) is 5.75 Å². The summed E-state index contributed by atoms with van der Waals surface area (Å²) < 4.78 is 6.88. The monoisotopic (exact) mass is 339 g/mol. The van der Waals surface area contributed by atoms with Crippen LogP contribution >= 0.6 is 15.9 Å². The van der Waals surface area contributed by atoms with E-state index in [-0.39, 0.29) is 5.54 Å². The highest BCUT2D eigenvalue weighted by molar-refractivity contribution is 9.10. The third-order valence-corrected chi connectivity index (χ3v) is 4.04. The van der Waals surface area contributed by atoms with Crippen molar-refractivity contribution >= 4 is 15.9 Å². The smallest absolute Gasteiger partial charge is 0.124 e. The van der Waals surface area contributed by atoms with Crippen LogP contribution in [-0.2, 0) is 0 Å². The molecular weight excluding hydrogens is 314 g/mol. The average Bonchev–Trinajstić information content (AvgIpc) is 2.26. The van der Waals surface area contributed by atoms with Crippen molar-refractivity contribution in [3.8, 4) is 5.75 Å². The van der Waals surface area contributed by atoms with Crippen LogP contribution < -0.4 is 10.1 Å². The fourth-order valence-corrected chi connectivity index (χ4v) is 3.74. The quantitative estimate of drug-likeness (QED) is 0.829. The Balaban J connectivity index is 2.17. The molecule has 0 radical (unpaired) electrons. The minimum absolute atomic E-state index is 0.111. The summed E-state index contributed by atoms with van der Waals surface area (Å²) in [4.78, 5) is 0. The maximum Gasteiger partial charge on any atom is 0.124 e. The molecule has 2 nitrogen and oxygen atoms in total. The lowest BCUT2D eigenvalue weighted by Gasteiger charge is -2.38. The average molecular weight is 340 g/mol. The molecule has 1 aromatic rings. The van der Waals surface area contributed by atoms with E-state index in [4.69, 9.17) is 4.74 Å². The van der Waals surface area contributed by atoms with Crippen molar-refractivity contribution in [2.24, 2.45) is 5.41 Å². The molecule has 2 rings (SSSR count). The van der Waals surface area contributed by atoms with Gasteiger partial charge in [-0.3, -0.25) is 0 Å². The Hall–Kier alpha value is -0.540. The summed E-state index contributed by atoms with van der Waals surface area (Å²) in [5, 5.41) is 3.83. The molecule has 0 saturated heterocycles. The van der Waals surface area contributed by atoms with Crippen molar-refractivity contribution in [2.75, 3.05) is 6.61 Å². The Kier molecular flexibility index (Phi) is 4.50. The van der Waals surface area contributed by atoms with Crippen LogP contribution in [0.2, 0.25) is 0 Å². The second-order valence-corrected chi connectivity index (χ2v) is 8.55. The molecule has 1 heterocycles. The second kappa shape index (κ2) is 5.69. The Bertz CT molecular complexity index is 476. The fraction of sp³-hybridized carbons (Fsp3) is 0.647. The molecule has 1 atom stereocenters. The lowest BCUT2D eigenvalue weighted by atomic mass is 9.81. The van der Waals surface area contributed by atoms with E-state index in [2.05, 4.69) is 68.0 Å². The van der Waals surface area contributed by atoms with E-state index in [1.54, 1.807) is 0 Å². The van der Waals surface area contributed by atoms with Gasteiger partial charge in [-0.25, -0.2) is 0 Å². The molecule has 1 unspecified atom stereocenters. The zero-order valence-electron chi connectivity index (χ0n) is 13.2. The maximum absolute atomic E-state index is 5.76. The molecule has 0 saturated carbocycles. The lowest BCUT2D eigenvalue weighted by molar-refractivity contribution is 0.188. The molecule has 20 heavy (non-hydrogen) atoms. The van der Waals surface area contributed by atoms with Gasteiger partial charge in [0, 0.05) is 28.0 Å². The van der Waals surface area contributed by atoms with E-state index < -0.39 is 0 Å². The van der Waals surface area contributed by atoms with Crippen molar-refractivity contribution < 1.29 is 4.74 Å². The van der Waals surface area contributed by atoms with Crippen LogP contribution in [0.1, 0.15) is 59.1 Å². The first-order valence-corrected chi connectivity index (χ1v) is 8.16. The van der Waals surface area contributed by atoms with Crippen LogP contribution in [-0.4, -0.2) is 12.1 Å². The minimum Gasteiger partial charge on any atom is -0.493 e. The third kappa shape index (κ3) is 4.23. The number of ether oxygens (including phenoxy) is 1. The summed E-state index contributed by atoms with van der Waals surface area (Å²) in [7, 11) is 0. The molecule has 0 spiro atoms. The molecule has 1 N–H and O–H groups in total. The fourth-order valence-electron chi connectivity index (χ4n) is 3.36. The van der Waals surface area contributed by atoms with Gasteiger partial charge in [-0.15, -0.1) is 0 Å². The minimum atomic E-state index is 0.111. The van der Waals surface area contributed by atoms with Crippen LogP contribution in [0.4, 0.5) is 0 Å². The summed E-state index contributed by atoms with van der Waals surface area (Å²) in [6.07, 6.45) is 2.16. The number of hydrogen-bond donors (Lipinski definition) is 1. The van der Waals surface area contributed by atoms with Gasteiger partial charge < -0.3 is 10.1 Å². The van der Waals surface area contributed by atoms with Crippen molar-refractivity contribution in [3.63, 3.8) is 0 Å². The molecule has 112 valence electrons. The van der Waals surface area contributed by atoms with Crippen molar-refractivity contribution in [1.82, 2.24) is 5.32 Å². The second-order valence-electron chi connectivity index (χ2n) is 7.64. The van der Waals surface area contributed by atoms with Gasteiger partial charge in [-0.05, 0) is 43.9 Å². The summed E-state index contributed by atoms with van der Waals surface area (Å²) >= 11 is 3.56. The topological polar surface area (TPSA) is 21.3 Å². The zero-order valence-corrected chi connectivity index (χ0v) is 14.8. The number of halogens is 1. The molecule has 1 aromatic carbocycles. The van der Waals surface area contributed by atoms with Gasteiger partial charge in [-0.1, -0.05) is 36.7 Å². The van der Waals surface area contributed by atoms with Crippen LogP contribution in [0.3, 0.4) is 0 Å². The van der Waals surface area contributed by atoms with E-state index in [0.717, 1.165) is 29.7 Å². The normalized spacial score (nSPS) is 19.4. The predicted molar refractivity (Wildman–Crippen MR) is 88.3 cm³/mol. The summed E-state index contributed by atoms with van der Waals surface area (Å²) in [6.45, 7) is 12.3. The lowest BCUT2D eigenvalue weighted by Crippen LogP contribution is -2.45. The van der Waals surface area contributed by atoms with Gasteiger partial charge in [0.25, 0.3) is 0 Å². The van der Waals surface area contributed by atoms with E-state index in [9.17, 15) is 0 Å². The van der Waals surface area contributed by atoms with Gasteiger partial charge in [0.1, 0.15) is 5.75 Å². The van der Waals surface area contributed by atoms with E-state index in [1.807, 2.05) is 6.07 Å². The number of benzene rings is 1. The Labute approximate surface area is 131 Å². The largest absolute Gasteiger partial charge is 0.493 e. The van der Waals surface area contributed by atoms with Crippen LogP contribution in [0, 0.1) is 5.41 Å². The molecule has 0 aromatic heterocycles. The van der Waals surface area contributed by atoms with Gasteiger partial charge >= 0.3 is 0 Å². The highest BCUT2D eigenvalue weighted by Crippen LogP contribution is 2.37. The van der Waals surface area contributed by atoms with E-state index in [1.165, 1.54) is 5.56 Å². The standard InChI is InChI=1S/C17H26BrNO/c1-16(2,3)11-17(4,5)19-14-8-9-20-15-7-6-12(18)10-13(14)15/h6-7,10,14,19H,8-9,11H2,1-5H3. The first-order chi connectivity index (χ1) is 9.16. The van der Waals surface area contributed by atoms with E-state index in [0.29, 0.717) is 11.5 Å². The molecule has 1 aliphatic heterocycles. The number of nitrogens with one attached hydrogen (secondary N) is 1. The Morgan fingerprint density at radius 2 is 1.95 bits per heavy atom. The molecule has 0 aliphatic carbocycles. The van der Waals surface area contributed by atoms with Crippen molar-refractivity contribution in [1.29, 1.82) is 0 Å².